The second kappa shape index (κ2) is 6.74. The van der Waals surface area contributed by atoms with Crippen LogP contribution in [0.25, 0.3) is 0 Å². The summed E-state index contributed by atoms with van der Waals surface area (Å²) in [5.74, 6) is -0.0156. The summed E-state index contributed by atoms with van der Waals surface area (Å²) in [6.07, 6.45) is 0.880. The van der Waals surface area contributed by atoms with Gasteiger partial charge in [-0.2, -0.15) is 0 Å². The predicted octanol–water partition coefficient (Wildman–Crippen LogP) is 3.26. The van der Waals surface area contributed by atoms with E-state index in [2.05, 4.69) is 0 Å². The summed E-state index contributed by atoms with van der Waals surface area (Å²) in [7, 11) is 0. The van der Waals surface area contributed by atoms with Gasteiger partial charge < -0.3 is 4.74 Å². The minimum Gasteiger partial charge on any atom is -0.447 e. The molecule has 1 aromatic carbocycles. The SMILES string of the molecule is CCC(C(=O)N1C(=O)OC[C@@H]1Cc1ccccc1)C(C)C. The first-order chi connectivity index (χ1) is 10.0. The summed E-state index contributed by atoms with van der Waals surface area (Å²) >= 11 is 0. The molecule has 1 saturated heterocycles. The molecule has 1 aliphatic rings. The Labute approximate surface area is 126 Å². The van der Waals surface area contributed by atoms with Crippen LogP contribution in [0.2, 0.25) is 0 Å². The van der Waals surface area contributed by atoms with Gasteiger partial charge in [0.2, 0.25) is 5.91 Å². The lowest BCUT2D eigenvalue weighted by atomic mass is 9.91. The van der Waals surface area contributed by atoms with Crippen LogP contribution in [0, 0.1) is 11.8 Å². The molecule has 2 amide bonds. The number of hydrogen-bond donors (Lipinski definition) is 0. The minimum atomic E-state index is -0.500. The van der Waals surface area contributed by atoms with Crippen LogP contribution in [0.1, 0.15) is 32.8 Å². The van der Waals surface area contributed by atoms with Crippen molar-refractivity contribution in [2.75, 3.05) is 6.61 Å². The van der Waals surface area contributed by atoms with Crippen LogP contribution in [0.5, 0.6) is 0 Å². The lowest BCUT2D eigenvalue weighted by molar-refractivity contribution is -0.134. The highest BCUT2D eigenvalue weighted by Gasteiger charge is 2.40. The Hall–Kier alpha value is -1.84. The van der Waals surface area contributed by atoms with Crippen molar-refractivity contribution in [3.05, 3.63) is 35.9 Å². The molecule has 4 heteroatoms. The van der Waals surface area contributed by atoms with Crippen molar-refractivity contribution in [1.82, 2.24) is 4.90 Å². The fraction of sp³-hybridized carbons (Fsp3) is 0.529. The molecule has 1 heterocycles. The molecule has 2 rings (SSSR count). The zero-order valence-corrected chi connectivity index (χ0v) is 12.9. The summed E-state index contributed by atoms with van der Waals surface area (Å²) in [6.45, 7) is 6.30. The lowest BCUT2D eigenvalue weighted by Crippen LogP contribution is -2.44. The van der Waals surface area contributed by atoms with E-state index in [9.17, 15) is 9.59 Å². The van der Waals surface area contributed by atoms with Crippen molar-refractivity contribution in [3.63, 3.8) is 0 Å². The van der Waals surface area contributed by atoms with Gasteiger partial charge >= 0.3 is 6.09 Å². The highest BCUT2D eigenvalue weighted by molar-refractivity contribution is 5.94. The summed E-state index contributed by atoms with van der Waals surface area (Å²) in [4.78, 5) is 25.9. The largest absolute Gasteiger partial charge is 0.447 e. The van der Waals surface area contributed by atoms with Gasteiger partial charge in [-0.1, -0.05) is 51.1 Å². The van der Waals surface area contributed by atoms with E-state index in [-0.39, 0.29) is 30.4 Å². The highest BCUT2D eigenvalue weighted by atomic mass is 16.6. The first kappa shape index (κ1) is 15.5. The number of ether oxygens (including phenoxy) is 1. The van der Waals surface area contributed by atoms with Gasteiger partial charge in [-0.15, -0.1) is 0 Å². The van der Waals surface area contributed by atoms with E-state index in [0.29, 0.717) is 6.42 Å². The van der Waals surface area contributed by atoms with E-state index in [1.807, 2.05) is 51.1 Å². The van der Waals surface area contributed by atoms with Crippen LogP contribution in [0.3, 0.4) is 0 Å². The third kappa shape index (κ3) is 3.43. The number of rotatable bonds is 5. The van der Waals surface area contributed by atoms with E-state index in [1.54, 1.807) is 0 Å². The standard InChI is InChI=1S/C17H23NO3/c1-4-15(12(2)3)16(19)18-14(11-21-17(18)20)10-13-8-6-5-7-9-13/h5-9,12,14-15H,4,10-11H2,1-3H3/t14-,15?/m0/s1. The van der Waals surface area contributed by atoms with Gasteiger partial charge in [-0.3, -0.25) is 4.79 Å². The molecule has 1 aromatic rings. The second-order valence-corrected chi connectivity index (χ2v) is 5.89. The molecule has 114 valence electrons. The number of carbonyl (C=O) groups is 2. The molecule has 0 radical (unpaired) electrons. The Balaban J connectivity index is 2.15. The fourth-order valence-corrected chi connectivity index (χ4v) is 2.88. The van der Waals surface area contributed by atoms with E-state index in [0.717, 1.165) is 12.0 Å². The monoisotopic (exact) mass is 289 g/mol. The average molecular weight is 289 g/mol. The van der Waals surface area contributed by atoms with E-state index in [4.69, 9.17) is 4.74 Å². The molecule has 1 aliphatic heterocycles. The van der Waals surface area contributed by atoms with Crippen LogP contribution in [-0.4, -0.2) is 29.5 Å². The van der Waals surface area contributed by atoms with Crippen molar-refractivity contribution in [1.29, 1.82) is 0 Å². The fourth-order valence-electron chi connectivity index (χ4n) is 2.88. The number of nitrogens with zero attached hydrogens (tertiary/aromatic N) is 1. The Morgan fingerprint density at radius 1 is 1.33 bits per heavy atom. The van der Waals surface area contributed by atoms with E-state index < -0.39 is 6.09 Å². The Morgan fingerprint density at radius 2 is 2.00 bits per heavy atom. The minimum absolute atomic E-state index is 0.101. The summed E-state index contributed by atoms with van der Waals surface area (Å²) in [5, 5.41) is 0. The predicted molar refractivity (Wildman–Crippen MR) is 80.7 cm³/mol. The zero-order chi connectivity index (χ0) is 15.4. The maximum atomic E-state index is 12.7. The van der Waals surface area contributed by atoms with Crippen LogP contribution in [0.15, 0.2) is 30.3 Å². The molecule has 1 fully saturated rings. The Bertz CT molecular complexity index is 498. The number of hydrogen-bond acceptors (Lipinski definition) is 3. The molecule has 0 bridgehead atoms. The van der Waals surface area contributed by atoms with Crippen LogP contribution >= 0.6 is 0 Å². The normalized spacial score (nSPS) is 19.7. The molecule has 0 N–H and O–H groups in total. The van der Waals surface area contributed by atoms with Gasteiger partial charge in [-0.05, 0) is 24.3 Å². The quantitative estimate of drug-likeness (QED) is 0.836. The van der Waals surface area contributed by atoms with Crippen LogP contribution < -0.4 is 0 Å². The first-order valence-corrected chi connectivity index (χ1v) is 7.58. The maximum Gasteiger partial charge on any atom is 0.416 e. The molecule has 0 saturated carbocycles. The number of cyclic esters (lactones) is 1. The molecular weight excluding hydrogens is 266 g/mol. The van der Waals surface area contributed by atoms with Crippen LogP contribution in [-0.2, 0) is 16.0 Å². The van der Waals surface area contributed by atoms with Crippen molar-refractivity contribution < 1.29 is 14.3 Å². The van der Waals surface area contributed by atoms with Crippen molar-refractivity contribution >= 4 is 12.0 Å². The number of benzene rings is 1. The van der Waals surface area contributed by atoms with Gasteiger partial charge in [0.15, 0.2) is 0 Å². The highest BCUT2D eigenvalue weighted by Crippen LogP contribution is 2.24. The van der Waals surface area contributed by atoms with Crippen molar-refractivity contribution in [3.8, 4) is 0 Å². The first-order valence-electron chi connectivity index (χ1n) is 7.58. The van der Waals surface area contributed by atoms with Crippen molar-refractivity contribution in [2.45, 2.75) is 39.7 Å². The molecule has 21 heavy (non-hydrogen) atoms. The van der Waals surface area contributed by atoms with Gasteiger partial charge in [0.25, 0.3) is 0 Å². The summed E-state index contributed by atoms with van der Waals surface area (Å²) in [5.41, 5.74) is 1.11. The van der Waals surface area contributed by atoms with Crippen LogP contribution in [0.4, 0.5) is 4.79 Å². The molecular formula is C17H23NO3. The molecule has 0 aliphatic carbocycles. The molecule has 0 spiro atoms. The summed E-state index contributed by atoms with van der Waals surface area (Å²) in [6, 6.07) is 9.69. The molecule has 2 atom stereocenters. The maximum absolute atomic E-state index is 12.7. The van der Waals surface area contributed by atoms with Gasteiger partial charge in [0.1, 0.15) is 6.61 Å². The van der Waals surface area contributed by atoms with E-state index in [1.165, 1.54) is 4.90 Å². The number of carbonyl (C=O) groups excluding carboxylic acids is 2. The molecule has 0 aromatic heterocycles. The topological polar surface area (TPSA) is 46.6 Å². The Kier molecular flexibility index (Phi) is 4.99. The zero-order valence-electron chi connectivity index (χ0n) is 12.9. The third-order valence-corrected chi connectivity index (χ3v) is 4.07. The molecule has 1 unspecified atom stereocenters. The van der Waals surface area contributed by atoms with Gasteiger partial charge in [0.05, 0.1) is 6.04 Å². The second-order valence-electron chi connectivity index (χ2n) is 5.89. The Morgan fingerprint density at radius 3 is 2.57 bits per heavy atom. The third-order valence-electron chi connectivity index (χ3n) is 4.07. The van der Waals surface area contributed by atoms with Gasteiger partial charge in [-0.25, -0.2) is 9.69 Å². The van der Waals surface area contributed by atoms with E-state index >= 15 is 0 Å². The molecule has 4 nitrogen and oxygen atoms in total. The summed E-state index contributed by atoms with van der Waals surface area (Å²) < 4.78 is 5.11. The average Bonchev–Trinajstić information content (AvgIpc) is 2.81. The number of amides is 2. The van der Waals surface area contributed by atoms with Crippen molar-refractivity contribution in [2.24, 2.45) is 11.8 Å². The lowest BCUT2D eigenvalue weighted by Gasteiger charge is -2.26. The number of imide groups is 1. The van der Waals surface area contributed by atoms with Gasteiger partial charge in [0, 0.05) is 5.92 Å². The smallest absolute Gasteiger partial charge is 0.416 e.